The van der Waals surface area contributed by atoms with Crippen molar-refractivity contribution in [2.75, 3.05) is 13.2 Å². The van der Waals surface area contributed by atoms with Gasteiger partial charge < -0.3 is 23.7 Å². The Balaban J connectivity index is 1.55. The molecule has 1 aliphatic heterocycles. The molecule has 4 rings (SSSR count). The number of rotatable bonds is 13. The van der Waals surface area contributed by atoms with Gasteiger partial charge in [-0.25, -0.2) is 0 Å². The summed E-state index contributed by atoms with van der Waals surface area (Å²) < 4.78 is 26.2. The van der Waals surface area contributed by atoms with E-state index in [9.17, 15) is 5.11 Å². The zero-order valence-electron chi connectivity index (χ0n) is 28.0. The first-order valence-electron chi connectivity index (χ1n) is 16.3. The molecule has 0 aromatic heterocycles. The molecule has 1 N–H and O–H groups in total. The molecule has 0 radical (unpaired) electrons. The second-order valence-corrected chi connectivity index (χ2v) is 18.4. The summed E-state index contributed by atoms with van der Waals surface area (Å²) in [6, 6.07) is 31.6. The van der Waals surface area contributed by atoms with Gasteiger partial charge in [-0.1, -0.05) is 133 Å². The lowest BCUT2D eigenvalue weighted by Crippen LogP contribution is -2.66. The summed E-state index contributed by atoms with van der Waals surface area (Å²) in [6.45, 7) is 18.8. The zero-order chi connectivity index (χ0) is 32.0. The highest BCUT2D eigenvalue weighted by molar-refractivity contribution is 6.99. The lowest BCUT2D eigenvalue weighted by molar-refractivity contribution is -0.306. The van der Waals surface area contributed by atoms with E-state index in [0.29, 0.717) is 26.2 Å². The average Bonchev–Trinajstić information content (AvgIpc) is 3.01. The Morgan fingerprint density at radius 2 is 1.41 bits per heavy atom. The first kappa shape index (κ1) is 34.5. The summed E-state index contributed by atoms with van der Waals surface area (Å²) >= 11 is 0. The summed E-state index contributed by atoms with van der Waals surface area (Å²) in [5.41, 5.74) is 1.11. The van der Waals surface area contributed by atoms with Crippen LogP contribution in [-0.4, -0.2) is 50.7 Å². The van der Waals surface area contributed by atoms with E-state index in [1.54, 1.807) is 0 Å². The van der Waals surface area contributed by atoms with E-state index < -0.39 is 20.2 Å². The van der Waals surface area contributed by atoms with Crippen LogP contribution in [0.15, 0.2) is 91.0 Å². The van der Waals surface area contributed by atoms with Gasteiger partial charge in [-0.2, -0.15) is 0 Å². The van der Waals surface area contributed by atoms with E-state index in [1.807, 2.05) is 32.0 Å². The summed E-state index contributed by atoms with van der Waals surface area (Å²) in [5, 5.41) is 14.1. The van der Waals surface area contributed by atoms with Crippen molar-refractivity contribution in [2.24, 2.45) is 17.8 Å². The Kier molecular flexibility index (Phi) is 11.7. The highest BCUT2D eigenvalue weighted by atomic mass is 28.4. The van der Waals surface area contributed by atoms with Crippen LogP contribution in [0.25, 0.3) is 0 Å². The fourth-order valence-electron chi connectivity index (χ4n) is 6.84. The van der Waals surface area contributed by atoms with Gasteiger partial charge >= 0.3 is 0 Å². The van der Waals surface area contributed by atoms with Gasteiger partial charge in [0.15, 0.2) is 5.79 Å². The minimum absolute atomic E-state index is 0.0409. The fraction of sp³-hybridized carbons (Fsp3) is 0.526. The lowest BCUT2D eigenvalue weighted by Gasteiger charge is -2.45. The monoisotopic (exact) mass is 618 g/mol. The molecule has 6 atom stereocenters. The Labute approximate surface area is 267 Å². The average molecular weight is 619 g/mol. The van der Waals surface area contributed by atoms with Crippen LogP contribution in [0.3, 0.4) is 0 Å². The molecule has 0 aliphatic carbocycles. The molecule has 3 aromatic carbocycles. The van der Waals surface area contributed by atoms with Crippen molar-refractivity contribution in [3.05, 3.63) is 96.6 Å². The predicted octanol–water partition coefficient (Wildman–Crippen LogP) is 6.96. The van der Waals surface area contributed by atoms with Crippen molar-refractivity contribution in [1.29, 1.82) is 0 Å². The number of hydrogen-bond acceptors (Lipinski definition) is 5. The smallest absolute Gasteiger partial charge is 0.261 e. The Bertz CT molecular complexity index is 1220. The van der Waals surface area contributed by atoms with Crippen molar-refractivity contribution in [3.63, 3.8) is 0 Å². The van der Waals surface area contributed by atoms with Crippen LogP contribution in [0.1, 0.15) is 67.4 Å². The van der Waals surface area contributed by atoms with Gasteiger partial charge in [0.1, 0.15) is 0 Å². The maximum atomic E-state index is 11.7. The number of hydrogen-bond donors (Lipinski definition) is 1. The number of benzene rings is 3. The molecule has 1 aliphatic rings. The van der Waals surface area contributed by atoms with Crippen molar-refractivity contribution < 1.29 is 23.7 Å². The number of aliphatic hydroxyl groups excluding tert-OH is 1. The molecule has 6 heteroatoms. The molecule has 240 valence electrons. The van der Waals surface area contributed by atoms with Crippen LogP contribution in [0.5, 0.6) is 0 Å². The minimum Gasteiger partial charge on any atom is -0.407 e. The normalized spacial score (nSPS) is 21.8. The molecular formula is C38H54O5Si. The maximum absolute atomic E-state index is 11.7. The Morgan fingerprint density at radius 3 is 1.93 bits per heavy atom. The van der Waals surface area contributed by atoms with Gasteiger partial charge in [-0.05, 0) is 41.2 Å². The van der Waals surface area contributed by atoms with E-state index in [-0.39, 0.29) is 35.0 Å². The quantitative estimate of drug-likeness (QED) is 0.210. The lowest BCUT2D eigenvalue weighted by atomic mass is 9.81. The van der Waals surface area contributed by atoms with Crippen molar-refractivity contribution in [3.8, 4) is 0 Å². The molecule has 3 aromatic rings. The maximum Gasteiger partial charge on any atom is 0.261 e. The highest BCUT2D eigenvalue weighted by Gasteiger charge is 2.50. The van der Waals surface area contributed by atoms with Crippen LogP contribution < -0.4 is 10.4 Å². The van der Waals surface area contributed by atoms with Crippen molar-refractivity contribution in [2.45, 2.75) is 97.6 Å². The highest BCUT2D eigenvalue weighted by Crippen LogP contribution is 2.38. The molecule has 0 spiro atoms. The van der Waals surface area contributed by atoms with Gasteiger partial charge in [-0.3, -0.25) is 0 Å². The van der Waals surface area contributed by atoms with E-state index in [0.717, 1.165) is 5.56 Å². The van der Waals surface area contributed by atoms with Gasteiger partial charge in [0.25, 0.3) is 8.32 Å². The Morgan fingerprint density at radius 1 is 0.886 bits per heavy atom. The third kappa shape index (κ3) is 8.09. The van der Waals surface area contributed by atoms with E-state index in [2.05, 4.69) is 114 Å². The third-order valence-corrected chi connectivity index (χ3v) is 14.3. The summed E-state index contributed by atoms with van der Waals surface area (Å²) in [7, 11) is -2.69. The van der Waals surface area contributed by atoms with E-state index in [1.165, 1.54) is 10.4 Å². The summed E-state index contributed by atoms with van der Waals surface area (Å²) in [5.74, 6) is -0.540. The molecule has 1 heterocycles. The van der Waals surface area contributed by atoms with Gasteiger partial charge in [0.05, 0.1) is 31.5 Å². The van der Waals surface area contributed by atoms with Crippen LogP contribution in [0.4, 0.5) is 0 Å². The molecule has 1 saturated heterocycles. The third-order valence-electron chi connectivity index (χ3n) is 9.27. The molecule has 0 saturated carbocycles. The van der Waals surface area contributed by atoms with Gasteiger partial charge in [0.2, 0.25) is 0 Å². The van der Waals surface area contributed by atoms with Crippen LogP contribution in [0, 0.1) is 17.8 Å². The van der Waals surface area contributed by atoms with E-state index >= 15 is 0 Å². The first-order valence-corrected chi connectivity index (χ1v) is 18.2. The molecule has 0 amide bonds. The number of aliphatic hydroxyl groups is 1. The molecule has 5 nitrogen and oxygen atoms in total. The van der Waals surface area contributed by atoms with Crippen molar-refractivity contribution >= 4 is 18.7 Å². The van der Waals surface area contributed by atoms with Gasteiger partial charge in [-0.15, -0.1) is 0 Å². The fourth-order valence-corrected chi connectivity index (χ4v) is 11.4. The SMILES string of the molecule is C[C@H]([C@H](OCc1ccccc1)[C@H](C)[C@H]1OC(C)(C)OC[C@@H]1C)[C@@H](O)CCO[Si](c1ccccc1)(c1ccccc1)C(C)(C)C. The van der Waals surface area contributed by atoms with E-state index in [4.69, 9.17) is 18.6 Å². The summed E-state index contributed by atoms with van der Waals surface area (Å²) in [4.78, 5) is 0. The summed E-state index contributed by atoms with van der Waals surface area (Å²) in [6.07, 6.45) is -0.374. The van der Waals surface area contributed by atoms with Crippen molar-refractivity contribution in [1.82, 2.24) is 0 Å². The predicted molar refractivity (Wildman–Crippen MR) is 182 cm³/mol. The molecular weight excluding hydrogens is 564 g/mol. The van der Waals surface area contributed by atoms with Crippen LogP contribution in [-0.2, 0) is 25.2 Å². The standard InChI is InChI=1S/C38H54O5Si/c1-28-26-41-38(7,8)43-35(28)30(3)36(40-27-31-18-12-9-13-19-31)29(2)34(39)24-25-42-44(37(4,5)6,32-20-14-10-15-21-32)33-22-16-11-17-23-33/h9-23,28-30,34-36,39H,24-27H2,1-8H3/t28-,29-,30+,34-,35-,36-/m0/s1. The molecule has 0 bridgehead atoms. The topological polar surface area (TPSA) is 57.2 Å². The zero-order valence-corrected chi connectivity index (χ0v) is 29.0. The Hall–Kier alpha value is -2.32. The molecule has 0 unspecified atom stereocenters. The van der Waals surface area contributed by atoms with Crippen LogP contribution >= 0.6 is 0 Å². The minimum atomic E-state index is -2.69. The first-order chi connectivity index (χ1) is 20.9. The molecule has 1 fully saturated rings. The largest absolute Gasteiger partial charge is 0.407 e. The number of ether oxygens (including phenoxy) is 3. The van der Waals surface area contributed by atoms with Gasteiger partial charge in [0, 0.05) is 24.4 Å². The second-order valence-electron chi connectivity index (χ2n) is 14.1. The molecule has 44 heavy (non-hydrogen) atoms. The second kappa shape index (κ2) is 14.8. The van der Waals surface area contributed by atoms with Crippen LogP contribution in [0.2, 0.25) is 5.04 Å².